The Morgan fingerprint density at radius 1 is 1.29 bits per heavy atom. The van der Waals surface area contributed by atoms with Crippen LogP contribution in [0.2, 0.25) is 5.02 Å². The van der Waals surface area contributed by atoms with Crippen molar-refractivity contribution < 1.29 is 14.6 Å². The zero-order valence-electron chi connectivity index (χ0n) is 11.8. The average molecular weight is 305 g/mol. The molecule has 1 aliphatic rings. The average Bonchev–Trinajstić information content (AvgIpc) is 2.48. The van der Waals surface area contributed by atoms with Crippen molar-refractivity contribution in [1.82, 2.24) is 0 Å². The third kappa shape index (κ3) is 3.05. The van der Waals surface area contributed by atoms with Crippen molar-refractivity contribution in [3.8, 4) is 5.75 Å². The fraction of sp³-hybridized carbons (Fsp3) is 0.294. The highest BCUT2D eigenvalue weighted by molar-refractivity contribution is 6.30. The molecular formula is C17H17ClO3. The molecule has 3 rings (SSSR count). The van der Waals surface area contributed by atoms with Gasteiger partial charge in [0.15, 0.2) is 0 Å². The monoisotopic (exact) mass is 304 g/mol. The van der Waals surface area contributed by atoms with Crippen molar-refractivity contribution in [3.63, 3.8) is 0 Å². The van der Waals surface area contributed by atoms with Gasteiger partial charge in [0, 0.05) is 24.1 Å². The molecule has 0 saturated heterocycles. The minimum absolute atomic E-state index is 0.162. The number of rotatable bonds is 3. The number of fused-ring (bicyclic) bond motifs is 1. The molecule has 0 saturated carbocycles. The molecule has 21 heavy (non-hydrogen) atoms. The van der Waals surface area contributed by atoms with Gasteiger partial charge in [0.1, 0.15) is 11.9 Å². The quantitative estimate of drug-likeness (QED) is 0.930. The Bertz CT molecular complexity index is 642. The zero-order valence-corrected chi connectivity index (χ0v) is 12.5. The van der Waals surface area contributed by atoms with Crippen LogP contribution in [0.15, 0.2) is 42.5 Å². The molecule has 2 aromatic rings. The fourth-order valence-electron chi connectivity index (χ4n) is 2.67. The first-order chi connectivity index (χ1) is 10.2. The van der Waals surface area contributed by atoms with Gasteiger partial charge in [-0.25, -0.2) is 0 Å². The molecule has 1 aliphatic heterocycles. The lowest BCUT2D eigenvalue weighted by atomic mass is 9.94. The smallest absolute Gasteiger partial charge is 0.127 e. The van der Waals surface area contributed by atoms with Gasteiger partial charge in [-0.3, -0.25) is 0 Å². The molecule has 110 valence electrons. The maximum Gasteiger partial charge on any atom is 0.127 e. The van der Waals surface area contributed by atoms with E-state index in [0.717, 1.165) is 16.7 Å². The normalized spacial score (nSPS) is 20.7. The van der Waals surface area contributed by atoms with Crippen molar-refractivity contribution in [2.24, 2.45) is 0 Å². The molecule has 0 bridgehead atoms. The molecule has 0 spiro atoms. The van der Waals surface area contributed by atoms with Crippen LogP contribution in [0.4, 0.5) is 0 Å². The topological polar surface area (TPSA) is 38.7 Å². The molecule has 0 radical (unpaired) electrons. The minimum Gasteiger partial charge on any atom is -0.485 e. The van der Waals surface area contributed by atoms with E-state index in [1.54, 1.807) is 19.2 Å². The highest BCUT2D eigenvalue weighted by Crippen LogP contribution is 2.41. The zero-order chi connectivity index (χ0) is 14.8. The maximum absolute atomic E-state index is 10.3. The van der Waals surface area contributed by atoms with Crippen LogP contribution in [0.1, 0.15) is 35.3 Å². The first kappa shape index (κ1) is 14.4. The van der Waals surface area contributed by atoms with Gasteiger partial charge in [-0.1, -0.05) is 29.8 Å². The fourth-order valence-corrected chi connectivity index (χ4v) is 2.85. The van der Waals surface area contributed by atoms with Gasteiger partial charge in [0.25, 0.3) is 0 Å². The second-order valence-electron chi connectivity index (χ2n) is 5.22. The molecule has 3 nitrogen and oxygen atoms in total. The van der Waals surface area contributed by atoms with Crippen molar-refractivity contribution >= 4 is 11.6 Å². The van der Waals surface area contributed by atoms with Gasteiger partial charge >= 0.3 is 0 Å². The summed E-state index contributed by atoms with van der Waals surface area (Å²) in [6, 6.07) is 13.4. The van der Waals surface area contributed by atoms with Crippen LogP contribution in [-0.2, 0) is 11.3 Å². The molecular weight excluding hydrogens is 288 g/mol. The van der Waals surface area contributed by atoms with Crippen molar-refractivity contribution in [1.29, 1.82) is 0 Å². The van der Waals surface area contributed by atoms with Crippen LogP contribution in [-0.4, -0.2) is 12.2 Å². The Hall–Kier alpha value is -1.55. The van der Waals surface area contributed by atoms with Gasteiger partial charge < -0.3 is 14.6 Å². The van der Waals surface area contributed by atoms with E-state index in [1.165, 1.54) is 0 Å². The second kappa shape index (κ2) is 6.06. The van der Waals surface area contributed by atoms with Gasteiger partial charge in [-0.15, -0.1) is 0 Å². The van der Waals surface area contributed by atoms with Crippen molar-refractivity contribution in [2.45, 2.75) is 25.2 Å². The number of aliphatic hydroxyl groups excluding tert-OH is 1. The molecule has 0 aromatic heterocycles. The van der Waals surface area contributed by atoms with Crippen LogP contribution in [0, 0.1) is 0 Å². The lowest BCUT2D eigenvalue weighted by Gasteiger charge is -2.30. The van der Waals surface area contributed by atoms with Gasteiger partial charge in [-0.2, -0.15) is 0 Å². The highest BCUT2D eigenvalue weighted by Gasteiger charge is 2.28. The van der Waals surface area contributed by atoms with E-state index in [2.05, 4.69) is 6.07 Å². The van der Waals surface area contributed by atoms with Crippen LogP contribution in [0.3, 0.4) is 0 Å². The number of hydrogen-bond acceptors (Lipinski definition) is 3. The van der Waals surface area contributed by atoms with Gasteiger partial charge in [0.2, 0.25) is 0 Å². The van der Waals surface area contributed by atoms with E-state index in [1.807, 2.05) is 24.3 Å². The molecule has 2 unspecified atom stereocenters. The Morgan fingerprint density at radius 2 is 2.14 bits per heavy atom. The summed E-state index contributed by atoms with van der Waals surface area (Å²) in [6.07, 6.45) is -0.210. The second-order valence-corrected chi connectivity index (χ2v) is 5.65. The Labute approximate surface area is 129 Å². The molecule has 1 N–H and O–H groups in total. The Balaban J connectivity index is 1.88. The summed E-state index contributed by atoms with van der Waals surface area (Å²) in [5.41, 5.74) is 2.89. The van der Waals surface area contributed by atoms with E-state index < -0.39 is 6.10 Å². The van der Waals surface area contributed by atoms with E-state index >= 15 is 0 Å². The predicted molar refractivity (Wildman–Crippen MR) is 81.6 cm³/mol. The third-order valence-corrected chi connectivity index (χ3v) is 3.91. The van der Waals surface area contributed by atoms with Crippen LogP contribution >= 0.6 is 11.6 Å². The first-order valence-electron chi connectivity index (χ1n) is 6.89. The summed E-state index contributed by atoms with van der Waals surface area (Å²) < 4.78 is 11.2. The summed E-state index contributed by atoms with van der Waals surface area (Å²) in [7, 11) is 1.67. The van der Waals surface area contributed by atoms with Crippen molar-refractivity contribution in [2.75, 3.05) is 7.11 Å². The highest BCUT2D eigenvalue weighted by atomic mass is 35.5. The molecule has 0 fully saturated rings. The maximum atomic E-state index is 10.3. The lowest BCUT2D eigenvalue weighted by Crippen LogP contribution is -2.19. The van der Waals surface area contributed by atoms with Crippen LogP contribution in [0.25, 0.3) is 0 Å². The predicted octanol–water partition coefficient (Wildman–Crippen LogP) is 4.04. The van der Waals surface area contributed by atoms with E-state index in [4.69, 9.17) is 21.1 Å². The van der Waals surface area contributed by atoms with E-state index in [-0.39, 0.29) is 6.10 Å². The Kier molecular flexibility index (Phi) is 4.15. The minimum atomic E-state index is -0.566. The SMILES string of the molecule is COCc1cccc(C2CC(O)c3cc(Cl)ccc3O2)c1. The first-order valence-corrected chi connectivity index (χ1v) is 7.27. The summed E-state index contributed by atoms with van der Waals surface area (Å²) in [5, 5.41) is 10.9. The lowest BCUT2D eigenvalue weighted by molar-refractivity contribution is 0.0656. The molecule has 4 heteroatoms. The molecule has 2 aromatic carbocycles. The number of hydrogen-bond donors (Lipinski definition) is 1. The molecule has 2 atom stereocenters. The van der Waals surface area contributed by atoms with Gasteiger partial charge in [-0.05, 0) is 35.4 Å². The summed E-state index contributed by atoms with van der Waals surface area (Å²) in [5.74, 6) is 0.695. The number of benzene rings is 2. The largest absolute Gasteiger partial charge is 0.485 e. The summed E-state index contributed by atoms with van der Waals surface area (Å²) in [6.45, 7) is 0.565. The number of ether oxygens (including phenoxy) is 2. The van der Waals surface area contributed by atoms with E-state index in [0.29, 0.717) is 23.8 Å². The number of halogens is 1. The summed E-state index contributed by atoms with van der Waals surface area (Å²) in [4.78, 5) is 0. The number of methoxy groups -OCH3 is 1. The van der Waals surface area contributed by atoms with Crippen LogP contribution < -0.4 is 4.74 Å². The molecule has 0 aliphatic carbocycles. The Morgan fingerprint density at radius 3 is 2.95 bits per heavy atom. The summed E-state index contributed by atoms with van der Waals surface area (Å²) >= 11 is 5.97. The van der Waals surface area contributed by atoms with Gasteiger partial charge in [0.05, 0.1) is 12.7 Å². The molecule has 1 heterocycles. The molecule has 0 amide bonds. The number of aliphatic hydroxyl groups is 1. The van der Waals surface area contributed by atoms with E-state index in [9.17, 15) is 5.11 Å². The standard InChI is InChI=1S/C17H17ClO3/c1-20-10-11-3-2-4-12(7-11)17-9-15(19)14-8-13(18)5-6-16(14)21-17/h2-8,15,17,19H,9-10H2,1H3. The third-order valence-electron chi connectivity index (χ3n) is 3.67. The van der Waals surface area contributed by atoms with Crippen LogP contribution in [0.5, 0.6) is 5.75 Å². The van der Waals surface area contributed by atoms with Crippen molar-refractivity contribution in [3.05, 3.63) is 64.2 Å².